The summed E-state index contributed by atoms with van der Waals surface area (Å²) in [7, 11) is 0. The van der Waals surface area contributed by atoms with Gasteiger partial charge in [0, 0.05) is 28.4 Å². The van der Waals surface area contributed by atoms with Crippen LogP contribution < -0.4 is 21.2 Å². The Labute approximate surface area is 217 Å². The van der Waals surface area contributed by atoms with Gasteiger partial charge in [-0.25, -0.2) is 0 Å². The number of nitrogens with zero attached hydrogens (tertiary/aromatic N) is 2. The number of aromatic nitrogens is 3. The van der Waals surface area contributed by atoms with E-state index in [0.717, 1.165) is 62.9 Å². The van der Waals surface area contributed by atoms with E-state index in [2.05, 4.69) is 94.9 Å². The summed E-state index contributed by atoms with van der Waals surface area (Å²) in [6.45, 7) is 17.0. The predicted octanol–water partition coefficient (Wildman–Crippen LogP) is 6.03. The Morgan fingerprint density at radius 1 is 0.919 bits per heavy atom. The van der Waals surface area contributed by atoms with Gasteiger partial charge in [-0.05, 0) is 72.7 Å². The highest BCUT2D eigenvalue weighted by Crippen LogP contribution is 2.31. The number of pyridine rings is 1. The molecule has 5 nitrogen and oxygen atoms in total. The van der Waals surface area contributed by atoms with E-state index < -0.39 is 0 Å². The van der Waals surface area contributed by atoms with Crippen LogP contribution in [0.4, 0.5) is 11.4 Å². The minimum Gasteiger partial charge on any atom is -0.358 e. The molecule has 1 aliphatic heterocycles. The number of H-pyrrole nitrogens is 1. The maximum Gasteiger partial charge on any atom is 0.116 e. The fraction of sp³-hybridized carbons (Fsp3) is 0.125. The topological polar surface area (TPSA) is 65.6 Å². The summed E-state index contributed by atoms with van der Waals surface area (Å²) >= 11 is 0. The van der Waals surface area contributed by atoms with Crippen molar-refractivity contribution in [3.05, 3.63) is 119 Å². The molecule has 1 aliphatic rings. The van der Waals surface area contributed by atoms with Crippen molar-refractivity contribution in [1.82, 2.24) is 15.2 Å². The van der Waals surface area contributed by atoms with E-state index >= 15 is 0 Å². The minimum absolute atomic E-state index is 0.708. The smallest absolute Gasteiger partial charge is 0.116 e. The number of nitrogens with one attached hydrogen (secondary N) is 3. The van der Waals surface area contributed by atoms with Crippen LogP contribution in [0.5, 0.6) is 0 Å². The van der Waals surface area contributed by atoms with E-state index in [4.69, 9.17) is 0 Å². The van der Waals surface area contributed by atoms with E-state index in [1.54, 1.807) is 6.20 Å². The van der Waals surface area contributed by atoms with Gasteiger partial charge in [-0.15, -0.1) is 0 Å². The first-order chi connectivity index (χ1) is 17.9. The van der Waals surface area contributed by atoms with Crippen LogP contribution in [-0.4, -0.2) is 15.2 Å². The van der Waals surface area contributed by atoms with Crippen LogP contribution in [-0.2, 0) is 6.42 Å². The molecule has 37 heavy (non-hydrogen) atoms. The minimum atomic E-state index is 0.708. The number of hydrogen-bond acceptors (Lipinski definition) is 4. The molecule has 0 saturated carbocycles. The first kappa shape index (κ1) is 24.1. The summed E-state index contributed by atoms with van der Waals surface area (Å²) < 4.78 is 0. The van der Waals surface area contributed by atoms with Crippen molar-refractivity contribution in [2.24, 2.45) is 0 Å². The lowest BCUT2D eigenvalue weighted by Crippen LogP contribution is -2.25. The molecule has 0 amide bonds. The van der Waals surface area contributed by atoms with Crippen LogP contribution in [0.2, 0.25) is 0 Å². The SMILES string of the molecule is C=C1CCc2cccc(c2)-c2cccc(c2C)NC(=C)c2n[nH]c(=C/C)/c2=C\C(=C)c2cncc(c2)N1. The Hall–Kier alpha value is -4.64. The normalized spacial score (nSPS) is 15.4. The molecule has 0 saturated heterocycles. The number of aryl methyl sites for hydroxylation is 1. The van der Waals surface area contributed by atoms with Gasteiger partial charge in [0.15, 0.2) is 0 Å². The van der Waals surface area contributed by atoms with Gasteiger partial charge < -0.3 is 10.6 Å². The number of allylic oxidation sites excluding steroid dienone is 2. The van der Waals surface area contributed by atoms with Gasteiger partial charge in [0.1, 0.15) is 5.69 Å². The van der Waals surface area contributed by atoms with E-state index in [0.29, 0.717) is 5.70 Å². The third kappa shape index (κ3) is 5.02. The summed E-state index contributed by atoms with van der Waals surface area (Å²) in [5.41, 5.74) is 10.8. The Kier molecular flexibility index (Phi) is 6.60. The van der Waals surface area contributed by atoms with Gasteiger partial charge in [-0.3, -0.25) is 10.1 Å². The molecule has 0 atom stereocenters. The van der Waals surface area contributed by atoms with Crippen LogP contribution in [0.15, 0.2) is 86.4 Å². The van der Waals surface area contributed by atoms with Crippen molar-refractivity contribution in [2.45, 2.75) is 26.7 Å². The van der Waals surface area contributed by atoms with E-state index in [1.807, 2.05) is 31.3 Å². The lowest BCUT2D eigenvalue weighted by atomic mass is 9.96. The standard InChI is InChI=1S/C32H31N5/c1-6-30-29-15-20(2)26-17-27(19-33-18-26)34-21(3)13-14-24-9-7-10-25(16-24)28-11-8-12-31(22(28)4)35-23(5)32(29)37-36-30/h6-12,15-19,34-36H,2-3,5,13-14H2,1,4H3/b29-15+,30-6+. The monoisotopic (exact) mass is 485 g/mol. The molecule has 0 fully saturated rings. The summed E-state index contributed by atoms with van der Waals surface area (Å²) in [6.07, 6.45) is 9.35. The highest BCUT2D eigenvalue weighted by molar-refractivity contribution is 5.89. The first-order valence-electron chi connectivity index (χ1n) is 12.4. The average Bonchev–Trinajstić information content (AvgIpc) is 3.31. The zero-order valence-electron chi connectivity index (χ0n) is 21.4. The molecule has 0 unspecified atom stereocenters. The molecule has 184 valence electrons. The molecule has 2 aromatic heterocycles. The molecule has 6 bridgehead atoms. The Morgan fingerprint density at radius 3 is 2.59 bits per heavy atom. The van der Waals surface area contributed by atoms with Crippen LogP contribution in [0.1, 0.15) is 35.7 Å². The molecular weight excluding hydrogens is 454 g/mol. The van der Waals surface area contributed by atoms with Crippen molar-refractivity contribution in [3.63, 3.8) is 0 Å². The number of benzene rings is 2. The third-order valence-corrected chi connectivity index (χ3v) is 6.73. The maximum atomic E-state index is 4.59. The van der Waals surface area contributed by atoms with Crippen molar-refractivity contribution < 1.29 is 0 Å². The molecule has 5 heteroatoms. The van der Waals surface area contributed by atoms with Gasteiger partial charge in [0.05, 0.1) is 22.9 Å². The van der Waals surface area contributed by atoms with E-state index in [9.17, 15) is 0 Å². The van der Waals surface area contributed by atoms with Crippen LogP contribution >= 0.6 is 0 Å². The lowest BCUT2D eigenvalue weighted by Gasteiger charge is -2.15. The van der Waals surface area contributed by atoms with Gasteiger partial charge in [-0.1, -0.05) is 62.2 Å². The van der Waals surface area contributed by atoms with Crippen molar-refractivity contribution in [1.29, 1.82) is 0 Å². The second kappa shape index (κ2) is 10.2. The Balaban J connectivity index is 1.66. The quantitative estimate of drug-likeness (QED) is 0.285. The molecule has 3 heterocycles. The molecule has 4 aromatic rings. The Bertz CT molecular complexity index is 1650. The van der Waals surface area contributed by atoms with Gasteiger partial charge >= 0.3 is 0 Å². The fourth-order valence-corrected chi connectivity index (χ4v) is 4.66. The van der Waals surface area contributed by atoms with Gasteiger partial charge in [-0.2, -0.15) is 5.10 Å². The molecule has 3 N–H and O–H groups in total. The number of fused-ring (bicyclic) bond motifs is 8. The molecule has 2 aromatic carbocycles. The van der Waals surface area contributed by atoms with Crippen molar-refractivity contribution in [3.8, 4) is 11.1 Å². The lowest BCUT2D eigenvalue weighted by molar-refractivity contribution is 0.950. The second-order valence-corrected chi connectivity index (χ2v) is 9.33. The van der Waals surface area contributed by atoms with E-state index in [-0.39, 0.29) is 0 Å². The predicted molar refractivity (Wildman–Crippen MR) is 156 cm³/mol. The van der Waals surface area contributed by atoms with E-state index in [1.165, 1.54) is 16.7 Å². The number of anilines is 2. The van der Waals surface area contributed by atoms with Crippen LogP contribution in [0.3, 0.4) is 0 Å². The summed E-state index contributed by atoms with van der Waals surface area (Å²) in [5.74, 6) is 0. The van der Waals surface area contributed by atoms with Gasteiger partial charge in [0.25, 0.3) is 0 Å². The second-order valence-electron chi connectivity index (χ2n) is 9.33. The summed E-state index contributed by atoms with van der Waals surface area (Å²) in [6, 6.07) is 17.1. The summed E-state index contributed by atoms with van der Waals surface area (Å²) in [4.78, 5) is 4.43. The van der Waals surface area contributed by atoms with Crippen molar-refractivity contribution in [2.75, 3.05) is 10.6 Å². The summed E-state index contributed by atoms with van der Waals surface area (Å²) in [5, 5.41) is 16.5. The molecular formula is C32H31N5. The molecule has 0 radical (unpaired) electrons. The zero-order chi connectivity index (χ0) is 25.9. The number of rotatable bonds is 0. The maximum absolute atomic E-state index is 4.59. The fourth-order valence-electron chi connectivity index (χ4n) is 4.66. The van der Waals surface area contributed by atoms with Crippen LogP contribution in [0.25, 0.3) is 34.5 Å². The Morgan fingerprint density at radius 2 is 1.76 bits per heavy atom. The molecule has 0 aliphatic carbocycles. The highest BCUT2D eigenvalue weighted by Gasteiger charge is 2.12. The van der Waals surface area contributed by atoms with Crippen molar-refractivity contribution >= 4 is 34.8 Å². The zero-order valence-corrected chi connectivity index (χ0v) is 21.4. The average molecular weight is 486 g/mol. The van der Waals surface area contributed by atoms with Gasteiger partial charge in [0.2, 0.25) is 0 Å². The first-order valence-corrected chi connectivity index (χ1v) is 12.4. The third-order valence-electron chi connectivity index (χ3n) is 6.73. The largest absolute Gasteiger partial charge is 0.358 e. The highest BCUT2D eigenvalue weighted by atomic mass is 15.1. The number of hydrogen-bond donors (Lipinski definition) is 3. The molecule has 5 rings (SSSR count). The number of aromatic amines is 1. The van der Waals surface area contributed by atoms with Crippen LogP contribution in [0, 0.1) is 6.92 Å². The molecule has 0 spiro atoms.